The van der Waals surface area contributed by atoms with Gasteiger partial charge in [-0.05, 0) is 59.4 Å². The van der Waals surface area contributed by atoms with Crippen LogP contribution >= 0.6 is 0 Å². The first kappa shape index (κ1) is 23.0. The lowest BCUT2D eigenvalue weighted by Gasteiger charge is -2.19. The normalized spacial score (nSPS) is 11.2. The third-order valence-electron chi connectivity index (χ3n) is 4.11. The number of rotatable bonds is 15. The zero-order chi connectivity index (χ0) is 17.9. The van der Waals surface area contributed by atoms with E-state index in [9.17, 15) is 0 Å². The largest absolute Gasteiger partial charge is 0.308 e. The molecule has 0 bridgehead atoms. The summed E-state index contributed by atoms with van der Waals surface area (Å²) in [6.45, 7) is 7.28. The lowest BCUT2D eigenvalue weighted by Crippen LogP contribution is -2.29. The molecule has 0 spiro atoms. The van der Waals surface area contributed by atoms with Crippen molar-refractivity contribution in [2.24, 2.45) is 0 Å². The average molecular weight is 333 g/mol. The number of likely N-dealkylation sites (N-methyl/N-ethyl adjacent to an activating group) is 2. The SMILES string of the molecule is C=CCCC=CC#CCCCCCCCCCN(C)CCN(C)C. The van der Waals surface area contributed by atoms with Gasteiger partial charge in [-0.1, -0.05) is 56.1 Å². The van der Waals surface area contributed by atoms with Crippen molar-refractivity contribution in [3.8, 4) is 11.8 Å². The van der Waals surface area contributed by atoms with Gasteiger partial charge in [-0.3, -0.25) is 0 Å². The second-order valence-corrected chi connectivity index (χ2v) is 6.92. The summed E-state index contributed by atoms with van der Waals surface area (Å²) < 4.78 is 0. The van der Waals surface area contributed by atoms with Gasteiger partial charge in [0.05, 0.1) is 0 Å². The lowest BCUT2D eigenvalue weighted by atomic mass is 10.1. The van der Waals surface area contributed by atoms with E-state index in [2.05, 4.69) is 55.4 Å². The molecule has 24 heavy (non-hydrogen) atoms. The van der Waals surface area contributed by atoms with Gasteiger partial charge in [0.1, 0.15) is 0 Å². The smallest absolute Gasteiger partial charge is 0.0106 e. The standard InChI is InChI=1S/C22H40N2/c1-5-6-7-8-9-10-11-12-13-14-15-16-17-18-19-20-24(4)22-21-23(2)3/h5,8-9H,1,6-7,12-22H2,2-4H3. The molecule has 0 N–H and O–H groups in total. The number of allylic oxidation sites excluding steroid dienone is 3. The van der Waals surface area contributed by atoms with Gasteiger partial charge in [0.15, 0.2) is 0 Å². The second-order valence-electron chi connectivity index (χ2n) is 6.92. The highest BCUT2D eigenvalue weighted by molar-refractivity contribution is 5.15. The van der Waals surface area contributed by atoms with Gasteiger partial charge in [-0.2, -0.15) is 0 Å². The van der Waals surface area contributed by atoms with E-state index in [-0.39, 0.29) is 0 Å². The first-order valence-electron chi connectivity index (χ1n) is 9.74. The fourth-order valence-electron chi connectivity index (χ4n) is 2.45. The zero-order valence-corrected chi connectivity index (χ0v) is 16.5. The summed E-state index contributed by atoms with van der Waals surface area (Å²) in [4.78, 5) is 4.70. The Bertz CT molecular complexity index is 360. The molecule has 0 rings (SSSR count). The van der Waals surface area contributed by atoms with Crippen LogP contribution in [0.5, 0.6) is 0 Å². The maximum atomic E-state index is 3.71. The Labute approximate surface area is 152 Å². The van der Waals surface area contributed by atoms with Crippen LogP contribution in [-0.2, 0) is 0 Å². The van der Waals surface area contributed by atoms with Crippen LogP contribution in [0.3, 0.4) is 0 Å². The van der Waals surface area contributed by atoms with Crippen molar-refractivity contribution >= 4 is 0 Å². The van der Waals surface area contributed by atoms with Gasteiger partial charge in [0, 0.05) is 19.5 Å². The predicted octanol–water partition coefficient (Wildman–Crippen LogP) is 5.13. The Hall–Kier alpha value is -1.04. The first-order chi connectivity index (χ1) is 11.7. The van der Waals surface area contributed by atoms with Crippen molar-refractivity contribution in [2.45, 2.75) is 64.2 Å². The molecule has 0 aliphatic rings. The van der Waals surface area contributed by atoms with Crippen molar-refractivity contribution in [3.63, 3.8) is 0 Å². The molecule has 0 aromatic heterocycles. The summed E-state index contributed by atoms with van der Waals surface area (Å²) >= 11 is 0. The minimum Gasteiger partial charge on any atom is -0.308 e. The van der Waals surface area contributed by atoms with E-state index in [0.29, 0.717) is 0 Å². The number of nitrogens with zero attached hydrogens (tertiary/aromatic N) is 2. The van der Waals surface area contributed by atoms with Gasteiger partial charge in [-0.25, -0.2) is 0 Å². The molecule has 2 heteroatoms. The van der Waals surface area contributed by atoms with Gasteiger partial charge in [0.25, 0.3) is 0 Å². The van der Waals surface area contributed by atoms with Crippen LogP contribution in [0.4, 0.5) is 0 Å². The minimum atomic E-state index is 1.04. The van der Waals surface area contributed by atoms with Crippen LogP contribution in [0.2, 0.25) is 0 Å². The fraction of sp³-hybridized carbons (Fsp3) is 0.727. The van der Waals surface area contributed by atoms with E-state index in [1.165, 1.54) is 58.0 Å². The molecule has 138 valence electrons. The predicted molar refractivity (Wildman–Crippen MR) is 109 cm³/mol. The molecule has 0 aliphatic carbocycles. The molecule has 0 heterocycles. The summed E-state index contributed by atoms with van der Waals surface area (Å²) in [7, 11) is 6.51. The third kappa shape index (κ3) is 19.0. The van der Waals surface area contributed by atoms with Crippen LogP contribution in [0.15, 0.2) is 24.8 Å². The van der Waals surface area contributed by atoms with Crippen molar-refractivity contribution in [1.29, 1.82) is 0 Å². The Morgan fingerprint density at radius 3 is 2.12 bits per heavy atom. The average Bonchev–Trinajstić information content (AvgIpc) is 2.56. The van der Waals surface area contributed by atoms with E-state index in [0.717, 1.165) is 25.8 Å². The lowest BCUT2D eigenvalue weighted by molar-refractivity contribution is 0.277. The molecule has 0 aromatic rings. The van der Waals surface area contributed by atoms with Gasteiger partial charge in [0.2, 0.25) is 0 Å². The molecule has 0 fully saturated rings. The highest BCUT2D eigenvalue weighted by atomic mass is 15.1. The molecule has 0 saturated carbocycles. The number of hydrogen-bond acceptors (Lipinski definition) is 2. The maximum absolute atomic E-state index is 3.71. The van der Waals surface area contributed by atoms with Crippen molar-refractivity contribution in [2.75, 3.05) is 40.8 Å². The van der Waals surface area contributed by atoms with Crippen LogP contribution < -0.4 is 0 Å². The van der Waals surface area contributed by atoms with Gasteiger partial charge in [-0.15, -0.1) is 6.58 Å². The summed E-state index contributed by atoms with van der Waals surface area (Å²) in [5.74, 6) is 6.35. The van der Waals surface area contributed by atoms with E-state index >= 15 is 0 Å². The highest BCUT2D eigenvalue weighted by Gasteiger charge is 1.99. The summed E-state index contributed by atoms with van der Waals surface area (Å²) in [5, 5.41) is 0. The van der Waals surface area contributed by atoms with Crippen molar-refractivity contribution in [3.05, 3.63) is 24.8 Å². The number of unbranched alkanes of at least 4 members (excludes halogenated alkanes) is 8. The monoisotopic (exact) mass is 332 g/mol. The third-order valence-corrected chi connectivity index (χ3v) is 4.11. The Morgan fingerprint density at radius 2 is 1.46 bits per heavy atom. The van der Waals surface area contributed by atoms with E-state index in [1.54, 1.807) is 0 Å². The zero-order valence-electron chi connectivity index (χ0n) is 16.5. The molecule has 2 nitrogen and oxygen atoms in total. The maximum Gasteiger partial charge on any atom is 0.0106 e. The van der Waals surface area contributed by atoms with E-state index in [4.69, 9.17) is 0 Å². The van der Waals surface area contributed by atoms with Crippen molar-refractivity contribution < 1.29 is 0 Å². The molecule has 0 aromatic carbocycles. The van der Waals surface area contributed by atoms with Crippen LogP contribution in [0.1, 0.15) is 64.2 Å². The summed E-state index contributed by atoms with van der Waals surface area (Å²) in [6, 6.07) is 0. The molecule has 0 saturated heterocycles. The topological polar surface area (TPSA) is 6.48 Å². The first-order valence-corrected chi connectivity index (χ1v) is 9.74. The van der Waals surface area contributed by atoms with Crippen LogP contribution in [-0.4, -0.2) is 50.6 Å². The summed E-state index contributed by atoms with van der Waals surface area (Å²) in [6.07, 6.45) is 18.7. The van der Waals surface area contributed by atoms with Crippen LogP contribution in [0, 0.1) is 11.8 Å². The molecule has 0 unspecified atom stereocenters. The molecular formula is C22H40N2. The van der Waals surface area contributed by atoms with Gasteiger partial charge < -0.3 is 9.80 Å². The van der Waals surface area contributed by atoms with Gasteiger partial charge >= 0.3 is 0 Å². The molecule has 0 aliphatic heterocycles. The Balaban J connectivity index is 3.27. The number of hydrogen-bond donors (Lipinski definition) is 0. The van der Waals surface area contributed by atoms with E-state index < -0.39 is 0 Å². The fourth-order valence-corrected chi connectivity index (χ4v) is 2.45. The molecule has 0 amide bonds. The second kappa shape index (κ2) is 18.3. The van der Waals surface area contributed by atoms with Crippen LogP contribution in [0.25, 0.3) is 0 Å². The Kier molecular flexibility index (Phi) is 17.5. The highest BCUT2D eigenvalue weighted by Crippen LogP contribution is 2.08. The quantitative estimate of drug-likeness (QED) is 0.233. The van der Waals surface area contributed by atoms with Crippen molar-refractivity contribution in [1.82, 2.24) is 9.80 Å². The molecular weight excluding hydrogens is 292 g/mol. The van der Waals surface area contributed by atoms with E-state index in [1.807, 2.05) is 12.2 Å². The Morgan fingerprint density at radius 1 is 0.792 bits per heavy atom. The molecule has 0 atom stereocenters. The molecule has 0 radical (unpaired) electrons. The minimum absolute atomic E-state index is 1.04. The summed E-state index contributed by atoms with van der Waals surface area (Å²) in [5.41, 5.74) is 0.